The number of hydrogen-bond donors (Lipinski definition) is 30. The molecule has 30 N–H and O–H groups in total. The van der Waals surface area contributed by atoms with E-state index in [0.29, 0.717) is 0 Å². The molecule has 60 heavy (non-hydrogen) atoms. The third-order valence-electron chi connectivity index (χ3n) is 1.62. The molecule has 0 spiro atoms. The van der Waals surface area contributed by atoms with E-state index in [1.54, 1.807) is 0 Å². The summed E-state index contributed by atoms with van der Waals surface area (Å²) in [5.41, 5.74) is 0. The first kappa shape index (κ1) is 94.4. The molecule has 0 aromatic rings. The van der Waals surface area contributed by atoms with E-state index >= 15 is 0 Å². The zero-order valence-electron chi connectivity index (χ0n) is 30.3. The molecule has 0 aliphatic carbocycles. The van der Waals surface area contributed by atoms with Gasteiger partial charge in [0, 0.05) is 0 Å². The van der Waals surface area contributed by atoms with Crippen molar-refractivity contribution in [3.05, 3.63) is 0 Å². The fourth-order valence-corrected chi connectivity index (χ4v) is 9.64. The molecular formula is H30Li6O42Si12. The largest absolute Gasteiger partial charge is 1.00 e. The van der Waals surface area contributed by atoms with Crippen molar-refractivity contribution in [1.82, 2.24) is 0 Å². The van der Waals surface area contributed by atoms with Gasteiger partial charge in [-0.2, -0.15) is 0 Å². The first-order valence-electron chi connectivity index (χ1n) is 10.4. The van der Waals surface area contributed by atoms with Crippen LogP contribution < -0.4 is 142 Å². The van der Waals surface area contributed by atoms with E-state index in [4.69, 9.17) is 144 Å². The smallest absolute Gasteiger partial charge is 0.862 e. The molecule has 0 rings (SSSR count). The zero-order chi connectivity index (χ0) is 46.2. The third-order valence-corrected chi connectivity index (χ3v) is 14.6. The van der Waals surface area contributed by atoms with Crippen molar-refractivity contribution < 1.29 is 310 Å². The van der Waals surface area contributed by atoms with Crippen LogP contribution in [0.2, 0.25) is 0 Å². The van der Waals surface area contributed by atoms with Crippen LogP contribution >= 0.6 is 0 Å². The van der Waals surface area contributed by atoms with Crippen LogP contribution in [0.15, 0.2) is 0 Å². The van der Waals surface area contributed by atoms with Gasteiger partial charge >= 0.3 is 204 Å². The maximum atomic E-state index is 9.36. The predicted octanol–water partition coefficient (Wildman–Crippen LogP) is -46.8. The Morgan fingerprint density at radius 2 is 0.233 bits per heavy atom. The molecule has 0 unspecified atom stereocenters. The van der Waals surface area contributed by atoms with Gasteiger partial charge in [0.25, 0.3) is 0 Å². The fraction of sp³-hybridized carbons (Fsp3) is 0. The van der Waals surface area contributed by atoms with Crippen LogP contribution in [0.5, 0.6) is 0 Å². The van der Waals surface area contributed by atoms with Gasteiger partial charge in [-0.05, 0) is 0 Å². The molecule has 0 saturated heterocycles. The monoisotopic (exact) mass is 1080 g/mol. The molecule has 0 fully saturated rings. The Hall–Kier alpha value is 4.51. The van der Waals surface area contributed by atoms with E-state index in [1.807, 2.05) is 0 Å². The minimum Gasteiger partial charge on any atom is -0.862 e. The molecule has 0 atom stereocenters. The van der Waals surface area contributed by atoms with E-state index in [1.165, 1.54) is 0 Å². The molecule has 0 bridgehead atoms. The SMILES string of the molecule is O[Si](O)(O)O[Si](O)(O)O.O[Si](O)(O)O[Si](O)(O)O.O[Si](O)(O)O[Si](O)(O)O.O[Si](O)(O)O[Si](O)(O)O.O[Si](O)(O)O[Si](O)(O)O.[Li+].[Li+].[Li+].[Li+].[Li+].[Li+].[O-][Si]([O-])([O-])O[Si]([O-])([O-])[O-]. The van der Waals surface area contributed by atoms with Gasteiger partial charge in [0.15, 0.2) is 0 Å². The maximum Gasteiger partial charge on any atom is 1.00 e. The van der Waals surface area contributed by atoms with Crippen LogP contribution in [-0.4, -0.2) is 252 Å². The zero-order valence-corrected chi connectivity index (χ0v) is 42.3. The summed E-state index contributed by atoms with van der Waals surface area (Å²) in [6, 6.07) is 0. The van der Waals surface area contributed by atoms with Gasteiger partial charge in [-0.3, -0.25) is 0 Å². The first-order chi connectivity index (χ1) is 22.2. The summed E-state index contributed by atoms with van der Waals surface area (Å²) in [5, 5.41) is 0. The first-order valence-corrected chi connectivity index (χ1v) is 31.1. The third kappa shape index (κ3) is 144. The van der Waals surface area contributed by atoms with Gasteiger partial charge in [-0.1, -0.05) is 0 Å². The molecule has 0 radical (unpaired) electrons. The Balaban J connectivity index is -0.0000000452. The Morgan fingerprint density at radius 3 is 0.233 bits per heavy atom. The van der Waals surface area contributed by atoms with Crippen molar-refractivity contribution in [2.24, 2.45) is 0 Å². The van der Waals surface area contributed by atoms with E-state index in [0.717, 1.165) is 0 Å². The van der Waals surface area contributed by atoms with Crippen molar-refractivity contribution in [1.29, 1.82) is 0 Å². The van der Waals surface area contributed by atoms with Crippen LogP contribution in [-0.2, 0) is 24.7 Å². The standard InChI is InChI=1S/6Li.5H6O7Si2.O7Si2/c;;;;;;6*1-8(2,3)7-9(4,5)6/h;;;;;;5*1-6H;/q6*+1;;;;;;-6. The predicted molar refractivity (Wildman–Crippen MR) is 142 cm³/mol. The van der Waals surface area contributed by atoms with Gasteiger partial charge in [0.05, 0.1) is 0 Å². The molecule has 0 aliphatic heterocycles. The van der Waals surface area contributed by atoms with Crippen LogP contribution in [0.4, 0.5) is 0 Å². The molecule has 0 aliphatic rings. The van der Waals surface area contributed by atoms with Crippen LogP contribution in [0.25, 0.3) is 0 Å². The molecule has 0 aromatic carbocycles. The quantitative estimate of drug-likeness (QED) is 0.0807. The molecule has 336 valence electrons. The fourth-order valence-electron chi connectivity index (χ4n) is 1.07. The van der Waals surface area contributed by atoms with Gasteiger partial charge in [0.2, 0.25) is 0 Å². The summed E-state index contributed by atoms with van der Waals surface area (Å²) >= 11 is 0. The second-order valence-corrected chi connectivity index (χ2v) is 25.7. The van der Waals surface area contributed by atoms with Crippen molar-refractivity contribution in [3.8, 4) is 0 Å². The van der Waals surface area contributed by atoms with Crippen LogP contribution in [0.1, 0.15) is 0 Å². The summed E-state index contributed by atoms with van der Waals surface area (Å²) in [7, 11) is -61.6. The van der Waals surface area contributed by atoms with Crippen molar-refractivity contribution in [2.75, 3.05) is 0 Å². The Kier molecular flexibility index (Phi) is 57.3. The molecule has 0 saturated carbocycles. The molecule has 0 aromatic heterocycles. The van der Waals surface area contributed by atoms with Gasteiger partial charge in [0.1, 0.15) is 0 Å². The van der Waals surface area contributed by atoms with Crippen molar-refractivity contribution in [3.63, 3.8) is 0 Å². The summed E-state index contributed by atoms with van der Waals surface area (Å²) in [5.74, 6) is 0. The van der Waals surface area contributed by atoms with Gasteiger partial charge < -0.3 is 197 Å². The normalized spacial score (nSPS) is 12.6. The van der Waals surface area contributed by atoms with E-state index in [9.17, 15) is 28.8 Å². The Morgan fingerprint density at radius 1 is 0.167 bits per heavy atom. The minimum absolute atomic E-state index is 0. The Labute approximate surface area is 415 Å². The van der Waals surface area contributed by atoms with Gasteiger partial charge in [-0.25, -0.2) is 0 Å². The second-order valence-electron chi connectivity index (χ2n) is 7.35. The van der Waals surface area contributed by atoms with Crippen molar-refractivity contribution in [2.45, 2.75) is 0 Å². The molecule has 0 heterocycles. The second kappa shape index (κ2) is 36.4. The Bertz CT molecular complexity index is 662. The summed E-state index contributed by atoms with van der Waals surface area (Å²) in [4.78, 5) is 294. The number of hydrogen-bond acceptors (Lipinski definition) is 42. The molecule has 42 nitrogen and oxygen atoms in total. The van der Waals surface area contributed by atoms with Crippen molar-refractivity contribution >= 4 is 109 Å². The summed E-state index contributed by atoms with van der Waals surface area (Å²) < 4.78 is 18.8. The molecule has 0 amide bonds. The molecular weight excluding hydrogens is 1050 g/mol. The van der Waals surface area contributed by atoms with Gasteiger partial charge in [-0.15, -0.1) is 18.1 Å². The average molecular weight is 1080 g/mol. The number of rotatable bonds is 12. The van der Waals surface area contributed by atoms with E-state index in [-0.39, 0.29) is 113 Å². The summed E-state index contributed by atoms with van der Waals surface area (Å²) in [6.45, 7) is 0. The van der Waals surface area contributed by atoms with Crippen LogP contribution in [0.3, 0.4) is 0 Å². The average Bonchev–Trinajstić information content (AvgIpc) is 2.50. The van der Waals surface area contributed by atoms with Crippen LogP contribution in [0, 0.1) is 0 Å². The maximum absolute atomic E-state index is 9.36. The topological polar surface area (TPSA) is 801 Å². The summed E-state index contributed by atoms with van der Waals surface area (Å²) in [6.07, 6.45) is 0. The van der Waals surface area contributed by atoms with E-state index < -0.39 is 109 Å². The minimum atomic E-state index is -5.92. The molecule has 60 heteroatoms. The van der Waals surface area contributed by atoms with E-state index in [2.05, 4.69) is 24.7 Å².